The first-order valence-electron chi connectivity index (χ1n) is 7.66. The standard InChI is InChI=1S/C16H23N3O2/c1-3-19-16-7-5-4-6-14(16)15(18-19)11-20-10-13-9-17-8-12(2)21-13/h4-7,12-13,17H,3,8-11H2,1-2H3. The first kappa shape index (κ1) is 14.5. The van der Waals surface area contributed by atoms with Gasteiger partial charge in [0, 0.05) is 25.0 Å². The maximum Gasteiger partial charge on any atom is 0.0960 e. The zero-order chi connectivity index (χ0) is 14.7. The number of morpholine rings is 1. The second-order valence-corrected chi connectivity index (χ2v) is 5.52. The lowest BCUT2D eigenvalue weighted by Crippen LogP contribution is -2.45. The third kappa shape index (κ3) is 3.26. The van der Waals surface area contributed by atoms with Gasteiger partial charge in [-0.25, -0.2) is 0 Å². The van der Waals surface area contributed by atoms with Gasteiger partial charge >= 0.3 is 0 Å². The van der Waals surface area contributed by atoms with E-state index in [9.17, 15) is 0 Å². The summed E-state index contributed by atoms with van der Waals surface area (Å²) in [5.74, 6) is 0. The van der Waals surface area contributed by atoms with Crippen molar-refractivity contribution in [3.05, 3.63) is 30.0 Å². The summed E-state index contributed by atoms with van der Waals surface area (Å²) in [5, 5.41) is 9.17. The first-order valence-corrected chi connectivity index (χ1v) is 7.66. The van der Waals surface area contributed by atoms with Crippen LogP contribution in [0.1, 0.15) is 19.5 Å². The molecular weight excluding hydrogens is 266 g/mol. The van der Waals surface area contributed by atoms with Crippen molar-refractivity contribution in [1.29, 1.82) is 0 Å². The van der Waals surface area contributed by atoms with Gasteiger partial charge in [0.25, 0.3) is 0 Å². The number of aryl methyl sites for hydroxylation is 1. The van der Waals surface area contributed by atoms with Gasteiger partial charge < -0.3 is 14.8 Å². The number of benzene rings is 1. The number of fused-ring (bicyclic) bond motifs is 1. The minimum absolute atomic E-state index is 0.133. The molecular formula is C16H23N3O2. The van der Waals surface area contributed by atoms with Crippen LogP contribution in [0.4, 0.5) is 0 Å². The highest BCUT2D eigenvalue weighted by Gasteiger charge is 2.19. The molecule has 114 valence electrons. The Morgan fingerprint density at radius 3 is 3.05 bits per heavy atom. The molecule has 2 unspecified atom stereocenters. The molecule has 2 aromatic rings. The van der Waals surface area contributed by atoms with Crippen molar-refractivity contribution in [2.45, 2.75) is 39.2 Å². The van der Waals surface area contributed by atoms with Crippen molar-refractivity contribution in [2.24, 2.45) is 0 Å². The van der Waals surface area contributed by atoms with Crippen molar-refractivity contribution in [3.63, 3.8) is 0 Å². The average Bonchev–Trinajstić information content (AvgIpc) is 2.86. The predicted octanol–water partition coefficient (Wildman–Crippen LogP) is 1.95. The topological polar surface area (TPSA) is 48.3 Å². The number of rotatable bonds is 5. The van der Waals surface area contributed by atoms with Crippen LogP contribution in [-0.2, 0) is 22.6 Å². The summed E-state index contributed by atoms with van der Waals surface area (Å²) >= 11 is 0. The van der Waals surface area contributed by atoms with E-state index in [0.717, 1.165) is 25.3 Å². The van der Waals surface area contributed by atoms with Gasteiger partial charge in [0.05, 0.1) is 36.6 Å². The van der Waals surface area contributed by atoms with Crippen LogP contribution in [0.15, 0.2) is 24.3 Å². The van der Waals surface area contributed by atoms with Crippen molar-refractivity contribution < 1.29 is 9.47 Å². The molecule has 5 nitrogen and oxygen atoms in total. The Balaban J connectivity index is 1.63. The maximum atomic E-state index is 5.83. The quantitative estimate of drug-likeness (QED) is 0.914. The molecule has 0 amide bonds. The second-order valence-electron chi connectivity index (χ2n) is 5.52. The van der Waals surface area contributed by atoms with Gasteiger partial charge in [-0.05, 0) is 19.9 Å². The van der Waals surface area contributed by atoms with E-state index in [1.165, 1.54) is 10.9 Å². The van der Waals surface area contributed by atoms with Gasteiger partial charge in [0.15, 0.2) is 0 Å². The van der Waals surface area contributed by atoms with Crippen LogP contribution in [0, 0.1) is 0 Å². The van der Waals surface area contributed by atoms with Gasteiger partial charge in [0.1, 0.15) is 0 Å². The average molecular weight is 289 g/mol. The Kier molecular flexibility index (Phi) is 4.53. The van der Waals surface area contributed by atoms with E-state index in [1.54, 1.807) is 0 Å². The minimum atomic E-state index is 0.133. The highest BCUT2D eigenvalue weighted by atomic mass is 16.5. The smallest absolute Gasteiger partial charge is 0.0960 e. The normalized spacial score (nSPS) is 22.8. The second kappa shape index (κ2) is 6.56. The Bertz CT molecular complexity index is 596. The van der Waals surface area contributed by atoms with E-state index in [-0.39, 0.29) is 12.2 Å². The van der Waals surface area contributed by atoms with Crippen LogP contribution in [0.25, 0.3) is 10.9 Å². The molecule has 1 N–H and O–H groups in total. The van der Waals surface area contributed by atoms with Crippen LogP contribution in [0.3, 0.4) is 0 Å². The lowest BCUT2D eigenvalue weighted by atomic mass is 10.2. The molecule has 0 aliphatic carbocycles. The molecule has 0 radical (unpaired) electrons. The lowest BCUT2D eigenvalue weighted by molar-refractivity contribution is -0.0719. The third-order valence-electron chi connectivity index (χ3n) is 3.81. The molecule has 0 saturated carbocycles. The number of hydrogen-bond acceptors (Lipinski definition) is 4. The molecule has 0 bridgehead atoms. The fourth-order valence-corrected chi connectivity index (χ4v) is 2.80. The number of para-hydroxylation sites is 1. The molecule has 2 heterocycles. The fourth-order valence-electron chi connectivity index (χ4n) is 2.80. The van der Waals surface area contributed by atoms with Crippen LogP contribution < -0.4 is 5.32 Å². The Hall–Kier alpha value is -1.43. The van der Waals surface area contributed by atoms with Gasteiger partial charge in [-0.1, -0.05) is 18.2 Å². The Labute approximate surface area is 125 Å². The van der Waals surface area contributed by atoms with Crippen LogP contribution in [-0.4, -0.2) is 41.7 Å². The third-order valence-corrected chi connectivity index (χ3v) is 3.81. The summed E-state index contributed by atoms with van der Waals surface area (Å²) in [6, 6.07) is 8.30. The highest BCUT2D eigenvalue weighted by molar-refractivity contribution is 5.81. The van der Waals surface area contributed by atoms with E-state index < -0.39 is 0 Å². The Morgan fingerprint density at radius 2 is 2.24 bits per heavy atom. The molecule has 2 atom stereocenters. The van der Waals surface area contributed by atoms with E-state index >= 15 is 0 Å². The van der Waals surface area contributed by atoms with Crippen LogP contribution in [0.2, 0.25) is 0 Å². The molecule has 21 heavy (non-hydrogen) atoms. The SMILES string of the molecule is CCn1nc(COCC2CNCC(C)O2)c2ccccc21. The molecule has 1 aliphatic rings. The molecule has 1 aromatic carbocycles. The van der Waals surface area contributed by atoms with Crippen molar-refractivity contribution in [2.75, 3.05) is 19.7 Å². The summed E-state index contributed by atoms with van der Waals surface area (Å²) < 4.78 is 13.7. The molecule has 1 saturated heterocycles. The van der Waals surface area contributed by atoms with Gasteiger partial charge in [-0.3, -0.25) is 4.68 Å². The zero-order valence-corrected chi connectivity index (χ0v) is 12.7. The number of nitrogens with zero attached hydrogens (tertiary/aromatic N) is 2. The summed E-state index contributed by atoms with van der Waals surface area (Å²) in [7, 11) is 0. The van der Waals surface area contributed by atoms with Crippen molar-refractivity contribution in [1.82, 2.24) is 15.1 Å². The Morgan fingerprint density at radius 1 is 1.38 bits per heavy atom. The summed E-state index contributed by atoms with van der Waals surface area (Å²) in [6.45, 7) is 7.96. The number of aromatic nitrogens is 2. The van der Waals surface area contributed by atoms with Crippen LogP contribution in [0.5, 0.6) is 0 Å². The molecule has 3 rings (SSSR count). The maximum absolute atomic E-state index is 5.83. The molecule has 1 aliphatic heterocycles. The van der Waals surface area contributed by atoms with E-state index in [0.29, 0.717) is 13.2 Å². The highest BCUT2D eigenvalue weighted by Crippen LogP contribution is 2.19. The largest absolute Gasteiger partial charge is 0.372 e. The number of hydrogen-bond donors (Lipinski definition) is 1. The predicted molar refractivity (Wildman–Crippen MR) is 82.3 cm³/mol. The summed E-state index contributed by atoms with van der Waals surface area (Å²) in [4.78, 5) is 0. The first-order chi connectivity index (χ1) is 10.3. The number of ether oxygens (including phenoxy) is 2. The zero-order valence-electron chi connectivity index (χ0n) is 12.7. The van der Waals surface area contributed by atoms with E-state index in [1.807, 2.05) is 16.8 Å². The lowest BCUT2D eigenvalue weighted by Gasteiger charge is -2.28. The summed E-state index contributed by atoms with van der Waals surface area (Å²) in [5.41, 5.74) is 2.17. The number of nitrogens with one attached hydrogen (secondary N) is 1. The van der Waals surface area contributed by atoms with Crippen LogP contribution >= 0.6 is 0 Å². The summed E-state index contributed by atoms with van der Waals surface area (Å²) in [6.07, 6.45) is 0.390. The monoisotopic (exact) mass is 289 g/mol. The molecule has 5 heteroatoms. The van der Waals surface area contributed by atoms with E-state index in [4.69, 9.17) is 9.47 Å². The van der Waals surface area contributed by atoms with E-state index in [2.05, 4.69) is 36.4 Å². The fraction of sp³-hybridized carbons (Fsp3) is 0.562. The van der Waals surface area contributed by atoms with Gasteiger partial charge in [-0.15, -0.1) is 0 Å². The van der Waals surface area contributed by atoms with Gasteiger partial charge in [-0.2, -0.15) is 5.10 Å². The van der Waals surface area contributed by atoms with Crippen molar-refractivity contribution in [3.8, 4) is 0 Å². The molecule has 1 fully saturated rings. The molecule has 0 spiro atoms. The van der Waals surface area contributed by atoms with Crippen molar-refractivity contribution >= 4 is 10.9 Å². The minimum Gasteiger partial charge on any atom is -0.372 e. The molecule has 1 aromatic heterocycles. The van der Waals surface area contributed by atoms with Gasteiger partial charge in [0.2, 0.25) is 0 Å².